The number of benzene rings is 4. The molecule has 1 unspecified atom stereocenters. The van der Waals surface area contributed by atoms with Crippen molar-refractivity contribution in [2.45, 2.75) is 77.3 Å². The molecule has 0 spiro atoms. The number of allylic oxidation sites excluding steroid dienone is 2. The van der Waals surface area contributed by atoms with Crippen LogP contribution in [-0.4, -0.2) is 33.3 Å². The second-order valence-corrected chi connectivity index (χ2v) is 19.9. The summed E-state index contributed by atoms with van der Waals surface area (Å²) in [4.78, 5) is 13.2. The van der Waals surface area contributed by atoms with Crippen molar-refractivity contribution in [3.63, 3.8) is 0 Å². The Labute approximate surface area is 292 Å². The van der Waals surface area contributed by atoms with Crippen molar-refractivity contribution in [2.75, 3.05) is 6.61 Å². The topological polar surface area (TPSA) is 74.6 Å². The minimum Gasteiger partial charge on any atom is -0.466 e. The van der Waals surface area contributed by atoms with Gasteiger partial charge in [0.05, 0.1) is 30.0 Å². The predicted octanol–water partition coefficient (Wildman–Crippen LogP) is 8.27. The Bertz CT molecular complexity index is 2000. The smallest absolute Gasteiger partial charge is 0.306 e. The molecule has 1 aromatic heterocycles. The number of ether oxygens (including phenoxy) is 1. The molecule has 5 aromatic rings. The number of aromatic nitrogens is 1. The van der Waals surface area contributed by atoms with Gasteiger partial charge in [0.25, 0.3) is 18.3 Å². The van der Waals surface area contributed by atoms with Crippen LogP contribution < -0.4 is 10.4 Å². The van der Waals surface area contributed by atoms with Crippen molar-refractivity contribution in [1.29, 1.82) is 0 Å². The molecule has 0 saturated heterocycles. The number of rotatable bonds is 12. The lowest BCUT2D eigenvalue weighted by atomic mass is 9.91. The number of fused-ring (bicyclic) bond motifs is 1. The van der Waals surface area contributed by atoms with E-state index in [1.165, 1.54) is 3.97 Å². The van der Waals surface area contributed by atoms with Gasteiger partial charge < -0.3 is 9.16 Å². The highest BCUT2D eigenvalue weighted by molar-refractivity contribution is 7.90. The normalized spacial score (nSPS) is 12.9. The van der Waals surface area contributed by atoms with Gasteiger partial charge >= 0.3 is 5.97 Å². The van der Waals surface area contributed by atoms with Crippen LogP contribution in [0.1, 0.15) is 70.6 Å². The zero-order valence-corrected chi connectivity index (χ0v) is 31.4. The van der Waals surface area contributed by atoms with E-state index in [2.05, 4.69) is 69.3 Å². The fourth-order valence-electron chi connectivity index (χ4n) is 6.80. The summed E-state index contributed by atoms with van der Waals surface area (Å²) >= 11 is 0. The Kier molecular flexibility index (Phi) is 10.8. The summed E-state index contributed by atoms with van der Waals surface area (Å²) in [6.07, 6.45) is 3.79. The number of esters is 1. The number of hydrogen-bond acceptors (Lipinski definition) is 5. The molecule has 1 atom stereocenters. The number of carbonyl (C=O) groups is 1. The van der Waals surface area contributed by atoms with E-state index in [1.54, 1.807) is 37.4 Å². The lowest BCUT2D eigenvalue weighted by Gasteiger charge is -2.43. The van der Waals surface area contributed by atoms with E-state index in [-0.39, 0.29) is 35.5 Å². The van der Waals surface area contributed by atoms with Crippen LogP contribution in [0.4, 0.5) is 0 Å². The van der Waals surface area contributed by atoms with Crippen LogP contribution in [0.15, 0.2) is 126 Å². The second-order valence-electron chi connectivity index (χ2n) is 13.8. The molecule has 4 aromatic carbocycles. The number of hydrogen-bond donors (Lipinski definition) is 0. The first-order valence-electron chi connectivity index (χ1n) is 16.8. The van der Waals surface area contributed by atoms with E-state index >= 15 is 0 Å². The first-order chi connectivity index (χ1) is 23.3. The van der Waals surface area contributed by atoms with Gasteiger partial charge in [0.1, 0.15) is 0 Å². The van der Waals surface area contributed by atoms with Gasteiger partial charge in [-0.1, -0.05) is 123 Å². The molecule has 49 heavy (non-hydrogen) atoms. The van der Waals surface area contributed by atoms with Gasteiger partial charge in [-0.15, -0.1) is 0 Å². The molecule has 0 fully saturated rings. The van der Waals surface area contributed by atoms with Gasteiger partial charge in [-0.3, -0.25) is 4.79 Å². The molecule has 0 N–H and O–H groups in total. The van der Waals surface area contributed by atoms with Crippen molar-refractivity contribution in [3.05, 3.63) is 138 Å². The third-order valence-electron chi connectivity index (χ3n) is 8.98. The molecule has 0 aliphatic carbocycles. The van der Waals surface area contributed by atoms with Gasteiger partial charge in [0.15, 0.2) is 0 Å². The van der Waals surface area contributed by atoms with Crippen LogP contribution in [0, 0.1) is 6.92 Å². The summed E-state index contributed by atoms with van der Waals surface area (Å²) in [5.41, 5.74) is 4.11. The molecular formula is C41H47NO5SSi. The molecule has 0 aliphatic heterocycles. The fourth-order valence-corrected chi connectivity index (χ4v) is 12.7. The molecule has 256 valence electrons. The lowest BCUT2D eigenvalue weighted by molar-refractivity contribution is -0.143. The number of carbonyl (C=O) groups excluding carboxylic acids is 1. The molecule has 8 heteroatoms. The van der Waals surface area contributed by atoms with Crippen LogP contribution >= 0.6 is 0 Å². The molecule has 0 amide bonds. The molecule has 1 heterocycles. The molecule has 0 radical (unpaired) electrons. The van der Waals surface area contributed by atoms with Crippen molar-refractivity contribution in [2.24, 2.45) is 0 Å². The van der Waals surface area contributed by atoms with Crippen LogP contribution in [0.5, 0.6) is 0 Å². The van der Waals surface area contributed by atoms with Crippen LogP contribution in [-0.2, 0) is 30.6 Å². The summed E-state index contributed by atoms with van der Waals surface area (Å²) in [6, 6.07) is 33.5. The second kappa shape index (κ2) is 14.7. The van der Waals surface area contributed by atoms with Gasteiger partial charge in [-0.25, -0.2) is 12.4 Å². The van der Waals surface area contributed by atoms with E-state index in [0.717, 1.165) is 38.0 Å². The van der Waals surface area contributed by atoms with Crippen molar-refractivity contribution < 1.29 is 22.4 Å². The summed E-state index contributed by atoms with van der Waals surface area (Å²) in [5.74, 6) is -0.761. The Morgan fingerprint density at radius 3 is 1.98 bits per heavy atom. The third kappa shape index (κ3) is 7.37. The number of aryl methyl sites for hydroxylation is 1. The van der Waals surface area contributed by atoms with Gasteiger partial charge in [-0.2, -0.15) is 0 Å². The summed E-state index contributed by atoms with van der Waals surface area (Å²) in [7, 11) is -6.91. The highest BCUT2D eigenvalue weighted by Gasteiger charge is 2.50. The molecule has 0 bridgehead atoms. The standard InChI is InChI=1S/C41H47NO5SSi/c1-8-46-39(43)27-33(26-30(2)3)37-28-42(48(44,45)34-24-22-31(4)23-25-34)38-21-15-16-32(40(37)38)29-47-49(41(5,6)7,35-17-11-9-12-18-35)36-19-13-10-14-20-36/h9-26,28,33H,8,27,29H2,1-7H3. The fraction of sp³-hybridized carbons (Fsp3) is 0.293. The minimum atomic E-state index is -3.98. The van der Waals surface area contributed by atoms with E-state index in [0.29, 0.717) is 5.52 Å². The summed E-state index contributed by atoms with van der Waals surface area (Å²) in [5, 5.41) is 2.83. The molecule has 6 nitrogen and oxygen atoms in total. The van der Waals surface area contributed by atoms with Crippen molar-refractivity contribution in [1.82, 2.24) is 3.97 Å². The van der Waals surface area contributed by atoms with E-state index in [4.69, 9.17) is 9.16 Å². The van der Waals surface area contributed by atoms with Gasteiger partial charge in [0.2, 0.25) is 0 Å². The lowest BCUT2D eigenvalue weighted by Crippen LogP contribution is -2.66. The monoisotopic (exact) mass is 693 g/mol. The Hall–Kier alpha value is -4.24. The van der Waals surface area contributed by atoms with Crippen molar-refractivity contribution >= 4 is 45.6 Å². The average molecular weight is 694 g/mol. The predicted molar refractivity (Wildman–Crippen MR) is 202 cm³/mol. The van der Waals surface area contributed by atoms with Crippen molar-refractivity contribution in [3.8, 4) is 0 Å². The molecule has 0 saturated carbocycles. The molecule has 5 rings (SSSR count). The van der Waals surface area contributed by atoms with Gasteiger partial charge in [-0.05, 0) is 72.4 Å². The minimum absolute atomic E-state index is 0.0760. The van der Waals surface area contributed by atoms with Crippen LogP contribution in [0.2, 0.25) is 5.04 Å². The zero-order valence-electron chi connectivity index (χ0n) is 29.6. The summed E-state index contributed by atoms with van der Waals surface area (Å²) in [6.45, 7) is 14.9. The largest absolute Gasteiger partial charge is 0.466 e. The van der Waals surface area contributed by atoms with E-state index in [1.807, 2.05) is 57.2 Å². The first kappa shape index (κ1) is 36.0. The van der Waals surface area contributed by atoms with E-state index in [9.17, 15) is 13.2 Å². The maximum absolute atomic E-state index is 14.3. The highest BCUT2D eigenvalue weighted by Crippen LogP contribution is 2.40. The first-order valence-corrected chi connectivity index (χ1v) is 20.1. The maximum Gasteiger partial charge on any atom is 0.306 e. The molecule has 0 aliphatic rings. The van der Waals surface area contributed by atoms with E-state index < -0.39 is 24.3 Å². The Morgan fingerprint density at radius 2 is 1.45 bits per heavy atom. The SMILES string of the molecule is CCOC(=O)CC(C=C(C)C)c1cn(S(=O)(=O)c2ccc(C)cc2)c2cccc(CO[Si](c3ccccc3)(c3ccccc3)C(C)(C)C)c12. The zero-order chi connectivity index (χ0) is 35.4. The molecular weight excluding hydrogens is 647 g/mol. The van der Waals surface area contributed by atoms with Crippen LogP contribution in [0.3, 0.4) is 0 Å². The maximum atomic E-state index is 14.3. The highest BCUT2D eigenvalue weighted by atomic mass is 32.2. The third-order valence-corrected chi connectivity index (χ3v) is 15.6. The van der Waals surface area contributed by atoms with Crippen LogP contribution in [0.25, 0.3) is 10.9 Å². The Morgan fingerprint density at radius 1 is 0.857 bits per heavy atom. The van der Waals surface area contributed by atoms with Gasteiger partial charge in [0, 0.05) is 17.5 Å². The quantitative estimate of drug-likeness (QED) is 0.0748. The average Bonchev–Trinajstić information content (AvgIpc) is 3.47. The Balaban J connectivity index is 1.75. The summed E-state index contributed by atoms with van der Waals surface area (Å²) < 4.78 is 42.7. The number of nitrogens with zero attached hydrogens (tertiary/aromatic N) is 1.